The Labute approximate surface area is 234 Å². The number of para-hydroxylation sites is 1. The van der Waals surface area contributed by atoms with Crippen molar-refractivity contribution in [2.24, 2.45) is 0 Å². The molecular formula is C31H33N5O2S. The van der Waals surface area contributed by atoms with Crippen molar-refractivity contribution in [1.29, 1.82) is 0 Å². The largest absolute Gasteiger partial charge is 0.375 e. The van der Waals surface area contributed by atoms with Crippen LogP contribution in [0.15, 0.2) is 72.9 Å². The summed E-state index contributed by atoms with van der Waals surface area (Å²) in [5.74, 6) is -0.191. The second kappa shape index (κ2) is 11.0. The van der Waals surface area contributed by atoms with Gasteiger partial charge in [0, 0.05) is 47.3 Å². The van der Waals surface area contributed by atoms with E-state index in [1.54, 1.807) is 0 Å². The van der Waals surface area contributed by atoms with Crippen LogP contribution in [0.5, 0.6) is 0 Å². The van der Waals surface area contributed by atoms with Gasteiger partial charge in [0.2, 0.25) is 5.91 Å². The van der Waals surface area contributed by atoms with Gasteiger partial charge in [-0.15, -0.1) is 0 Å². The van der Waals surface area contributed by atoms with Gasteiger partial charge >= 0.3 is 0 Å². The molecule has 200 valence electrons. The van der Waals surface area contributed by atoms with Crippen LogP contribution >= 0.6 is 12.2 Å². The molecule has 1 fully saturated rings. The minimum absolute atomic E-state index is 0.00542. The van der Waals surface area contributed by atoms with Crippen molar-refractivity contribution in [2.45, 2.75) is 39.8 Å². The molecule has 2 aromatic carbocycles. The number of hydrogen-bond acceptors (Lipinski definition) is 4. The molecule has 2 aromatic heterocycles. The van der Waals surface area contributed by atoms with Crippen LogP contribution in [0.25, 0.3) is 5.69 Å². The number of pyridine rings is 1. The van der Waals surface area contributed by atoms with E-state index in [4.69, 9.17) is 21.9 Å². The number of rotatable bonds is 7. The number of carbonyl (C=O) groups is 1. The van der Waals surface area contributed by atoms with Gasteiger partial charge in [-0.2, -0.15) is 0 Å². The summed E-state index contributed by atoms with van der Waals surface area (Å²) < 4.78 is 7.28. The van der Waals surface area contributed by atoms with Crippen LogP contribution in [0, 0.1) is 27.7 Å². The fourth-order valence-corrected chi connectivity index (χ4v) is 5.93. The number of methoxy groups -OCH3 is 1. The highest BCUT2D eigenvalue weighted by molar-refractivity contribution is 7.80. The molecule has 5 rings (SSSR count). The Kier molecular flexibility index (Phi) is 7.50. The van der Waals surface area contributed by atoms with Crippen molar-refractivity contribution in [3.63, 3.8) is 0 Å². The average molecular weight is 540 g/mol. The van der Waals surface area contributed by atoms with Crippen molar-refractivity contribution in [1.82, 2.24) is 14.9 Å². The Balaban J connectivity index is 1.64. The maximum atomic E-state index is 12.1. The molecule has 1 amide bonds. The van der Waals surface area contributed by atoms with Crippen molar-refractivity contribution in [3.8, 4) is 5.69 Å². The molecule has 1 aliphatic rings. The molecule has 0 spiro atoms. The van der Waals surface area contributed by atoms with Crippen LogP contribution < -0.4 is 15.5 Å². The number of nitrogens with zero attached hydrogens (tertiary/aromatic N) is 3. The van der Waals surface area contributed by atoms with Crippen molar-refractivity contribution in [3.05, 3.63) is 107 Å². The van der Waals surface area contributed by atoms with Crippen LogP contribution in [-0.2, 0) is 9.53 Å². The summed E-state index contributed by atoms with van der Waals surface area (Å²) >= 11 is 5.97. The molecular weight excluding hydrogens is 506 g/mol. The summed E-state index contributed by atoms with van der Waals surface area (Å²) in [6, 6.07) is 22.1. The molecule has 0 aliphatic carbocycles. The van der Waals surface area contributed by atoms with E-state index < -0.39 is 0 Å². The zero-order chi connectivity index (χ0) is 27.7. The normalized spacial score (nSPS) is 16.8. The van der Waals surface area contributed by atoms with E-state index in [2.05, 4.69) is 71.2 Å². The summed E-state index contributed by atoms with van der Waals surface area (Å²) in [4.78, 5) is 19.0. The minimum Gasteiger partial charge on any atom is -0.375 e. The number of aryl methyl sites for hydroxylation is 1. The zero-order valence-corrected chi connectivity index (χ0v) is 23.7. The number of carbonyl (C=O) groups excluding carboxylic acids is 1. The first-order chi connectivity index (χ1) is 18.8. The highest BCUT2D eigenvalue weighted by Gasteiger charge is 2.43. The van der Waals surface area contributed by atoms with Crippen LogP contribution in [0.1, 0.15) is 45.9 Å². The number of aromatic nitrogens is 2. The smallest absolute Gasteiger partial charge is 0.250 e. The van der Waals surface area contributed by atoms with E-state index in [0.717, 1.165) is 28.3 Å². The Bertz CT molecular complexity index is 1520. The maximum absolute atomic E-state index is 12.1. The lowest BCUT2D eigenvalue weighted by Crippen LogP contribution is -2.30. The molecule has 0 bridgehead atoms. The first-order valence-electron chi connectivity index (χ1n) is 13.0. The molecule has 8 heteroatoms. The standard InChI is InChI=1S/C31H33N5O2S/c1-19-17-24(14-15-25(19)33-27(37)18-38-5)36-30(29(34-31(36)39)26-13-9-10-16-32-26)28-20(2)21(3)35(22(28)4)23-11-7-6-8-12-23/h6-17,29-30H,18H2,1-5H3,(H,33,37)(H,34,39)/t29-,30-/m0/s1. The molecule has 0 radical (unpaired) electrons. The van der Waals surface area contributed by atoms with Gasteiger partial charge in [-0.05, 0) is 93.5 Å². The number of thiocarbonyl (C=S) groups is 1. The van der Waals surface area contributed by atoms with Gasteiger partial charge in [-0.3, -0.25) is 9.78 Å². The van der Waals surface area contributed by atoms with Crippen molar-refractivity contribution < 1.29 is 9.53 Å². The first kappa shape index (κ1) is 26.6. The molecule has 2 N–H and O–H groups in total. The lowest BCUT2D eigenvalue weighted by atomic mass is 9.93. The van der Waals surface area contributed by atoms with Crippen LogP contribution in [-0.4, -0.2) is 34.3 Å². The van der Waals surface area contributed by atoms with Crippen molar-refractivity contribution in [2.75, 3.05) is 23.9 Å². The molecule has 4 aromatic rings. The van der Waals surface area contributed by atoms with Gasteiger partial charge in [0.15, 0.2) is 5.11 Å². The molecule has 2 atom stereocenters. The van der Waals surface area contributed by atoms with Gasteiger partial charge in [-0.1, -0.05) is 24.3 Å². The Hall–Kier alpha value is -4.01. The second-order valence-corrected chi connectivity index (χ2v) is 10.2. The molecule has 7 nitrogen and oxygen atoms in total. The van der Waals surface area contributed by atoms with E-state index >= 15 is 0 Å². The highest BCUT2D eigenvalue weighted by Crippen LogP contribution is 2.45. The average Bonchev–Trinajstić information content (AvgIpc) is 3.38. The van der Waals surface area contributed by atoms with Crippen LogP contribution in [0.2, 0.25) is 0 Å². The number of amides is 1. The Morgan fingerprint density at radius 3 is 2.41 bits per heavy atom. The predicted molar refractivity (Wildman–Crippen MR) is 160 cm³/mol. The molecule has 1 aliphatic heterocycles. The number of ether oxygens (including phenoxy) is 1. The van der Waals surface area contributed by atoms with Gasteiger partial charge < -0.3 is 24.8 Å². The van der Waals surface area contributed by atoms with Crippen LogP contribution in [0.4, 0.5) is 11.4 Å². The number of benzene rings is 2. The number of anilines is 2. The summed E-state index contributed by atoms with van der Waals surface area (Å²) in [6.07, 6.45) is 1.82. The van der Waals surface area contributed by atoms with E-state index in [1.165, 1.54) is 29.6 Å². The second-order valence-electron chi connectivity index (χ2n) is 9.86. The third kappa shape index (κ3) is 4.93. The van der Waals surface area contributed by atoms with E-state index in [1.807, 2.05) is 49.5 Å². The fourth-order valence-electron chi connectivity index (χ4n) is 5.59. The summed E-state index contributed by atoms with van der Waals surface area (Å²) in [7, 11) is 1.51. The summed E-state index contributed by atoms with van der Waals surface area (Å²) in [5.41, 5.74) is 9.48. The summed E-state index contributed by atoms with van der Waals surface area (Å²) in [5, 5.41) is 7.13. The minimum atomic E-state index is -0.191. The molecule has 39 heavy (non-hydrogen) atoms. The fraction of sp³-hybridized carbons (Fsp3) is 0.258. The SMILES string of the molecule is COCC(=O)Nc1ccc(N2C(=S)N[C@@H](c3ccccn3)[C@@H]2c2c(C)c(C)n(-c3ccccc3)c2C)cc1C. The Morgan fingerprint density at radius 2 is 1.74 bits per heavy atom. The topological polar surface area (TPSA) is 71.4 Å². The third-order valence-electron chi connectivity index (χ3n) is 7.45. The molecule has 1 saturated heterocycles. The number of hydrogen-bond donors (Lipinski definition) is 2. The molecule has 3 heterocycles. The monoisotopic (exact) mass is 539 g/mol. The quantitative estimate of drug-likeness (QED) is 0.286. The summed E-state index contributed by atoms with van der Waals surface area (Å²) in [6.45, 7) is 8.52. The van der Waals surface area contributed by atoms with Gasteiger partial charge in [0.05, 0.1) is 17.8 Å². The highest BCUT2D eigenvalue weighted by atomic mass is 32.1. The van der Waals surface area contributed by atoms with E-state index in [0.29, 0.717) is 5.11 Å². The zero-order valence-electron chi connectivity index (χ0n) is 22.9. The number of nitrogens with one attached hydrogen (secondary N) is 2. The lowest BCUT2D eigenvalue weighted by molar-refractivity contribution is -0.119. The first-order valence-corrected chi connectivity index (χ1v) is 13.4. The Morgan fingerprint density at radius 1 is 1.00 bits per heavy atom. The van der Waals surface area contributed by atoms with Crippen molar-refractivity contribution >= 4 is 34.6 Å². The van der Waals surface area contributed by atoms with Gasteiger partial charge in [0.1, 0.15) is 6.61 Å². The molecule has 0 saturated carbocycles. The lowest BCUT2D eigenvalue weighted by Gasteiger charge is -2.29. The third-order valence-corrected chi connectivity index (χ3v) is 7.77. The maximum Gasteiger partial charge on any atom is 0.250 e. The van der Waals surface area contributed by atoms with Crippen LogP contribution in [0.3, 0.4) is 0 Å². The van der Waals surface area contributed by atoms with E-state index in [9.17, 15) is 4.79 Å². The predicted octanol–water partition coefficient (Wildman–Crippen LogP) is 5.87. The molecule has 0 unspecified atom stereocenters. The van der Waals surface area contributed by atoms with Gasteiger partial charge in [-0.25, -0.2) is 0 Å². The van der Waals surface area contributed by atoms with Gasteiger partial charge in [0.25, 0.3) is 0 Å². The van der Waals surface area contributed by atoms with E-state index in [-0.39, 0.29) is 24.6 Å².